The molecule has 0 unspecified atom stereocenters. The molecule has 1 amide bonds. The minimum Gasteiger partial charge on any atom is -0.339 e. The Morgan fingerprint density at radius 2 is 1.88 bits per heavy atom. The number of piperidine rings is 1. The van der Waals surface area contributed by atoms with Crippen LogP contribution in [0.25, 0.3) is 0 Å². The summed E-state index contributed by atoms with van der Waals surface area (Å²) < 4.78 is 26.0. The third-order valence-corrected chi connectivity index (χ3v) is 7.18. The van der Waals surface area contributed by atoms with Crippen molar-refractivity contribution in [1.29, 1.82) is 0 Å². The highest BCUT2D eigenvalue weighted by Crippen LogP contribution is 2.47. The molecule has 0 N–H and O–H groups in total. The number of sulfonamides is 1. The minimum absolute atomic E-state index is 0.0716. The Labute approximate surface area is 151 Å². The average Bonchev–Trinajstić information content (AvgIpc) is 3.23. The molecule has 0 radical (unpaired) electrons. The molecule has 1 fully saturated rings. The molecule has 2 aliphatic heterocycles. The SMILES string of the molecule is CS(=O)(=O)N1CC2(CCN(C(=O)c3ccsc3)CC2)c2ccccc21. The van der Waals surface area contributed by atoms with Crippen LogP contribution in [-0.4, -0.2) is 45.1 Å². The topological polar surface area (TPSA) is 57.7 Å². The van der Waals surface area contributed by atoms with Gasteiger partial charge in [-0.2, -0.15) is 11.3 Å². The smallest absolute Gasteiger partial charge is 0.254 e. The zero-order chi connectivity index (χ0) is 17.7. The first-order chi connectivity index (χ1) is 11.9. The van der Waals surface area contributed by atoms with Crippen molar-refractivity contribution in [3.05, 3.63) is 52.2 Å². The van der Waals surface area contributed by atoms with E-state index < -0.39 is 10.0 Å². The predicted molar refractivity (Wildman–Crippen MR) is 99.8 cm³/mol. The van der Waals surface area contributed by atoms with Crippen molar-refractivity contribution in [2.45, 2.75) is 18.3 Å². The summed E-state index contributed by atoms with van der Waals surface area (Å²) in [7, 11) is -3.30. The van der Waals surface area contributed by atoms with E-state index in [2.05, 4.69) is 0 Å². The number of hydrogen-bond acceptors (Lipinski definition) is 4. The molecule has 1 aromatic heterocycles. The molecular weight excluding hydrogens is 356 g/mol. The summed E-state index contributed by atoms with van der Waals surface area (Å²) in [6, 6.07) is 9.62. The van der Waals surface area contributed by atoms with Crippen LogP contribution in [0.3, 0.4) is 0 Å². The number of likely N-dealkylation sites (tertiary alicyclic amines) is 1. The number of para-hydroxylation sites is 1. The van der Waals surface area contributed by atoms with E-state index in [1.807, 2.05) is 46.0 Å². The Kier molecular flexibility index (Phi) is 3.88. The fourth-order valence-corrected chi connectivity index (χ4v) is 5.64. The maximum atomic E-state index is 12.6. The van der Waals surface area contributed by atoms with Gasteiger partial charge in [0.1, 0.15) is 0 Å². The van der Waals surface area contributed by atoms with Crippen molar-refractivity contribution in [3.63, 3.8) is 0 Å². The van der Waals surface area contributed by atoms with Gasteiger partial charge in [0.25, 0.3) is 5.91 Å². The lowest BCUT2D eigenvalue weighted by molar-refractivity contribution is 0.0675. The summed E-state index contributed by atoms with van der Waals surface area (Å²) in [5, 5.41) is 3.79. The Bertz CT molecular complexity index is 898. The second-order valence-corrected chi connectivity index (χ2v) is 9.56. The average molecular weight is 377 g/mol. The van der Waals surface area contributed by atoms with Gasteiger partial charge >= 0.3 is 0 Å². The molecule has 1 spiro atoms. The van der Waals surface area contributed by atoms with Crippen molar-refractivity contribution in [1.82, 2.24) is 4.90 Å². The molecule has 5 nitrogen and oxygen atoms in total. The fraction of sp³-hybridized carbons (Fsp3) is 0.389. The maximum Gasteiger partial charge on any atom is 0.254 e. The number of hydrogen-bond donors (Lipinski definition) is 0. The molecule has 0 saturated carbocycles. The number of anilines is 1. The molecule has 2 aliphatic rings. The van der Waals surface area contributed by atoms with Crippen LogP contribution >= 0.6 is 11.3 Å². The van der Waals surface area contributed by atoms with Gasteiger partial charge in [-0.15, -0.1) is 0 Å². The second-order valence-electron chi connectivity index (χ2n) is 6.87. The van der Waals surface area contributed by atoms with Crippen molar-refractivity contribution < 1.29 is 13.2 Å². The van der Waals surface area contributed by atoms with Crippen LogP contribution < -0.4 is 4.31 Å². The van der Waals surface area contributed by atoms with Gasteiger partial charge in [0.2, 0.25) is 10.0 Å². The molecule has 7 heteroatoms. The molecule has 1 saturated heterocycles. The number of amides is 1. The molecule has 3 heterocycles. The Hall–Kier alpha value is -1.86. The third-order valence-electron chi connectivity index (χ3n) is 5.37. The molecule has 1 aromatic carbocycles. The summed E-state index contributed by atoms with van der Waals surface area (Å²) in [6.45, 7) is 1.78. The number of carbonyl (C=O) groups is 1. The van der Waals surface area contributed by atoms with Crippen LogP contribution in [-0.2, 0) is 15.4 Å². The van der Waals surface area contributed by atoms with Crippen molar-refractivity contribution in [2.24, 2.45) is 0 Å². The lowest BCUT2D eigenvalue weighted by atomic mass is 9.74. The van der Waals surface area contributed by atoms with Gasteiger partial charge in [0.15, 0.2) is 0 Å². The highest BCUT2D eigenvalue weighted by Gasteiger charge is 2.47. The van der Waals surface area contributed by atoms with Crippen molar-refractivity contribution in [2.75, 3.05) is 30.2 Å². The van der Waals surface area contributed by atoms with Crippen molar-refractivity contribution >= 4 is 33.0 Å². The normalized spacial score (nSPS) is 19.2. The highest BCUT2D eigenvalue weighted by atomic mass is 32.2. The standard InChI is InChI=1S/C18H20N2O3S2/c1-25(22,23)20-13-18(15-4-2-3-5-16(15)20)7-9-19(10-8-18)17(21)14-6-11-24-12-14/h2-6,11-12H,7-10,13H2,1H3. The molecule has 0 aliphatic carbocycles. The molecule has 132 valence electrons. The Morgan fingerprint density at radius 1 is 1.16 bits per heavy atom. The quantitative estimate of drug-likeness (QED) is 0.810. The van der Waals surface area contributed by atoms with Gasteiger partial charge in [0.05, 0.1) is 17.5 Å². The van der Waals surface area contributed by atoms with Gasteiger partial charge in [-0.25, -0.2) is 8.42 Å². The largest absolute Gasteiger partial charge is 0.339 e. The van der Waals surface area contributed by atoms with E-state index >= 15 is 0 Å². The van der Waals surface area contributed by atoms with Gasteiger partial charge < -0.3 is 4.90 Å². The molecule has 0 atom stereocenters. The lowest BCUT2D eigenvalue weighted by Crippen LogP contribution is -2.47. The Morgan fingerprint density at radius 3 is 2.52 bits per heavy atom. The maximum absolute atomic E-state index is 12.6. The summed E-state index contributed by atoms with van der Waals surface area (Å²) in [5.74, 6) is 0.0716. The third kappa shape index (κ3) is 2.75. The van der Waals surface area contributed by atoms with Gasteiger partial charge in [0, 0.05) is 30.4 Å². The minimum atomic E-state index is -3.30. The number of rotatable bonds is 2. The van der Waals surface area contributed by atoms with Crippen LogP contribution in [0.1, 0.15) is 28.8 Å². The van der Waals surface area contributed by atoms with E-state index in [4.69, 9.17) is 0 Å². The number of nitrogens with zero attached hydrogens (tertiary/aromatic N) is 2. The van der Waals surface area contributed by atoms with Crippen LogP contribution in [0.2, 0.25) is 0 Å². The first kappa shape index (κ1) is 16.6. The number of thiophene rings is 1. The molecule has 4 rings (SSSR count). The first-order valence-electron chi connectivity index (χ1n) is 8.29. The Balaban J connectivity index is 1.60. The van der Waals surface area contributed by atoms with Crippen LogP contribution in [0.5, 0.6) is 0 Å². The fourth-order valence-electron chi connectivity index (χ4n) is 4.01. The molecular formula is C18H20N2O3S2. The van der Waals surface area contributed by atoms with E-state index in [-0.39, 0.29) is 11.3 Å². The summed E-state index contributed by atoms with van der Waals surface area (Å²) in [4.78, 5) is 14.4. The van der Waals surface area contributed by atoms with E-state index in [0.29, 0.717) is 19.6 Å². The van der Waals surface area contributed by atoms with Crippen molar-refractivity contribution in [3.8, 4) is 0 Å². The number of fused-ring (bicyclic) bond motifs is 2. The summed E-state index contributed by atoms with van der Waals surface area (Å²) in [6.07, 6.45) is 2.83. The van der Waals surface area contributed by atoms with Crippen LogP contribution in [0, 0.1) is 0 Å². The molecule has 0 bridgehead atoms. The van der Waals surface area contributed by atoms with Gasteiger partial charge in [-0.05, 0) is 35.9 Å². The van der Waals surface area contributed by atoms with E-state index in [1.54, 1.807) is 0 Å². The molecule has 25 heavy (non-hydrogen) atoms. The zero-order valence-corrected chi connectivity index (χ0v) is 15.6. The molecule has 2 aromatic rings. The second kappa shape index (κ2) is 5.85. The zero-order valence-electron chi connectivity index (χ0n) is 14.0. The monoisotopic (exact) mass is 376 g/mol. The van der Waals surface area contributed by atoms with Crippen LogP contribution in [0.15, 0.2) is 41.1 Å². The summed E-state index contributed by atoms with van der Waals surface area (Å²) >= 11 is 1.52. The summed E-state index contributed by atoms with van der Waals surface area (Å²) in [5.41, 5.74) is 2.45. The first-order valence-corrected chi connectivity index (χ1v) is 11.1. The number of carbonyl (C=O) groups excluding carboxylic acids is 1. The van der Waals surface area contributed by atoms with E-state index in [9.17, 15) is 13.2 Å². The highest BCUT2D eigenvalue weighted by molar-refractivity contribution is 7.92. The van der Waals surface area contributed by atoms with E-state index in [1.165, 1.54) is 21.9 Å². The van der Waals surface area contributed by atoms with Gasteiger partial charge in [-0.1, -0.05) is 18.2 Å². The predicted octanol–water partition coefficient (Wildman–Crippen LogP) is 2.70. The number of benzene rings is 1. The van der Waals surface area contributed by atoms with Crippen LogP contribution in [0.4, 0.5) is 5.69 Å². The van der Waals surface area contributed by atoms with Gasteiger partial charge in [-0.3, -0.25) is 9.10 Å². The lowest BCUT2D eigenvalue weighted by Gasteiger charge is -2.39. The van der Waals surface area contributed by atoms with E-state index in [0.717, 1.165) is 29.7 Å².